The fourth-order valence-corrected chi connectivity index (χ4v) is 3.52. The zero-order chi connectivity index (χ0) is 17.9. The van der Waals surface area contributed by atoms with Crippen LogP contribution in [0.1, 0.15) is 34.5 Å². The molecular weight excluding hydrogens is 328 g/mol. The Morgan fingerprint density at radius 2 is 2.12 bits per heavy atom. The van der Waals surface area contributed by atoms with E-state index in [1.54, 1.807) is 6.20 Å². The van der Waals surface area contributed by atoms with Crippen LogP contribution in [0.4, 0.5) is 0 Å². The molecule has 1 aliphatic carbocycles. The Bertz CT molecular complexity index is 754. The van der Waals surface area contributed by atoms with Crippen LogP contribution in [0.15, 0.2) is 36.5 Å². The van der Waals surface area contributed by atoms with Crippen molar-refractivity contribution in [1.82, 2.24) is 20.0 Å². The van der Waals surface area contributed by atoms with Crippen molar-refractivity contribution in [1.29, 1.82) is 0 Å². The van der Waals surface area contributed by atoms with Crippen LogP contribution in [0.2, 0.25) is 0 Å². The summed E-state index contributed by atoms with van der Waals surface area (Å²) in [4.78, 5) is 15.1. The molecule has 1 aromatic heterocycles. The molecule has 1 N–H and O–H groups in total. The van der Waals surface area contributed by atoms with Gasteiger partial charge in [-0.1, -0.05) is 30.3 Å². The van der Waals surface area contributed by atoms with Gasteiger partial charge in [0.1, 0.15) is 0 Å². The van der Waals surface area contributed by atoms with Gasteiger partial charge >= 0.3 is 0 Å². The van der Waals surface area contributed by atoms with Crippen LogP contribution in [-0.2, 0) is 11.3 Å². The van der Waals surface area contributed by atoms with Gasteiger partial charge < -0.3 is 10.1 Å². The molecule has 2 fully saturated rings. The van der Waals surface area contributed by atoms with Crippen molar-refractivity contribution in [3.63, 3.8) is 0 Å². The average Bonchev–Trinajstić information content (AvgIpc) is 3.46. The van der Waals surface area contributed by atoms with Crippen LogP contribution in [0.3, 0.4) is 0 Å². The number of morpholine rings is 1. The lowest BCUT2D eigenvalue weighted by Crippen LogP contribution is -2.48. The number of ether oxygens (including phenoxy) is 1. The van der Waals surface area contributed by atoms with Crippen molar-refractivity contribution < 1.29 is 9.53 Å². The molecule has 6 nitrogen and oxygen atoms in total. The van der Waals surface area contributed by atoms with Gasteiger partial charge in [-0.15, -0.1) is 0 Å². The lowest BCUT2D eigenvalue weighted by Gasteiger charge is -2.33. The second kappa shape index (κ2) is 7.60. The number of benzene rings is 1. The number of nitrogens with zero attached hydrogens (tertiary/aromatic N) is 3. The quantitative estimate of drug-likeness (QED) is 0.860. The fourth-order valence-electron chi connectivity index (χ4n) is 3.52. The van der Waals surface area contributed by atoms with Gasteiger partial charge in [0.15, 0.2) is 0 Å². The maximum Gasteiger partial charge on any atom is 0.254 e. The van der Waals surface area contributed by atoms with Gasteiger partial charge in [0.25, 0.3) is 5.91 Å². The summed E-state index contributed by atoms with van der Waals surface area (Å²) in [5.74, 6) is -0.0750. The van der Waals surface area contributed by atoms with Crippen molar-refractivity contribution in [3.05, 3.63) is 53.3 Å². The number of hydrogen-bond acceptors (Lipinski definition) is 4. The van der Waals surface area contributed by atoms with Crippen LogP contribution in [0.5, 0.6) is 0 Å². The van der Waals surface area contributed by atoms with Gasteiger partial charge in [-0.25, -0.2) is 0 Å². The van der Waals surface area contributed by atoms with Gasteiger partial charge in [0.05, 0.1) is 31.0 Å². The zero-order valence-electron chi connectivity index (χ0n) is 15.2. The Balaban J connectivity index is 1.33. The van der Waals surface area contributed by atoms with Gasteiger partial charge in [0.2, 0.25) is 0 Å². The van der Waals surface area contributed by atoms with E-state index in [0.29, 0.717) is 18.7 Å². The van der Waals surface area contributed by atoms with Crippen molar-refractivity contribution in [3.8, 4) is 0 Å². The summed E-state index contributed by atoms with van der Waals surface area (Å²) < 4.78 is 7.68. The second-order valence-electron chi connectivity index (χ2n) is 7.22. The van der Waals surface area contributed by atoms with Crippen molar-refractivity contribution in [2.75, 3.05) is 26.2 Å². The molecule has 1 aliphatic heterocycles. The molecule has 0 bridgehead atoms. The lowest BCUT2D eigenvalue weighted by molar-refractivity contribution is -0.0293. The fraction of sp³-hybridized carbons (Fsp3) is 0.500. The number of carbonyl (C=O) groups is 1. The van der Waals surface area contributed by atoms with E-state index in [0.717, 1.165) is 31.4 Å². The van der Waals surface area contributed by atoms with E-state index in [2.05, 4.69) is 27.4 Å². The van der Waals surface area contributed by atoms with Crippen molar-refractivity contribution >= 4 is 5.91 Å². The average molecular weight is 354 g/mol. The maximum absolute atomic E-state index is 12.6. The zero-order valence-corrected chi connectivity index (χ0v) is 15.2. The molecule has 6 heteroatoms. The number of rotatable bonds is 6. The van der Waals surface area contributed by atoms with E-state index in [4.69, 9.17) is 4.74 Å². The third-order valence-electron chi connectivity index (χ3n) is 5.25. The predicted molar refractivity (Wildman–Crippen MR) is 99.2 cm³/mol. The largest absolute Gasteiger partial charge is 0.374 e. The van der Waals surface area contributed by atoms with E-state index in [-0.39, 0.29) is 12.0 Å². The predicted octanol–water partition coefficient (Wildman–Crippen LogP) is 1.83. The highest BCUT2D eigenvalue weighted by Gasteiger charge is 2.33. The first-order chi connectivity index (χ1) is 12.7. The van der Waals surface area contributed by atoms with Gasteiger partial charge in [-0.3, -0.25) is 14.4 Å². The van der Waals surface area contributed by atoms with Gasteiger partial charge in [-0.05, 0) is 25.3 Å². The Kier molecular flexibility index (Phi) is 5.04. The Labute approximate surface area is 154 Å². The van der Waals surface area contributed by atoms with E-state index < -0.39 is 0 Å². The third kappa shape index (κ3) is 3.97. The standard InChI is InChI=1S/C20H26N4O2/c1-15-19(12-22-24(15)13-16-5-3-2-4-6-16)20(25)21-11-18-14-23(9-10-26-18)17-7-8-17/h2-6,12,17-18H,7-11,13-14H2,1H3,(H,21,25)/t18-/m1/s1. The second-order valence-corrected chi connectivity index (χ2v) is 7.22. The van der Waals surface area contributed by atoms with Crippen LogP contribution < -0.4 is 5.32 Å². The summed E-state index contributed by atoms with van der Waals surface area (Å²) in [6.45, 7) is 5.84. The minimum atomic E-state index is -0.0750. The molecule has 1 saturated heterocycles. The molecule has 2 aromatic rings. The molecule has 0 radical (unpaired) electrons. The summed E-state index contributed by atoms with van der Waals surface area (Å²) in [7, 11) is 0. The molecule has 2 heterocycles. The number of amides is 1. The normalized spacial score (nSPS) is 20.9. The van der Waals surface area contributed by atoms with Gasteiger partial charge in [0, 0.05) is 31.4 Å². The van der Waals surface area contributed by atoms with E-state index in [1.165, 1.54) is 18.4 Å². The molecule has 2 aliphatic rings. The highest BCUT2D eigenvalue weighted by molar-refractivity contribution is 5.95. The molecule has 1 aromatic carbocycles. The molecule has 138 valence electrons. The Morgan fingerprint density at radius 1 is 1.31 bits per heavy atom. The summed E-state index contributed by atoms with van der Waals surface area (Å²) in [6.07, 6.45) is 4.34. The number of aromatic nitrogens is 2. The molecule has 1 amide bonds. The highest BCUT2D eigenvalue weighted by Crippen LogP contribution is 2.28. The van der Waals surface area contributed by atoms with Crippen LogP contribution in [-0.4, -0.2) is 59.0 Å². The third-order valence-corrected chi connectivity index (χ3v) is 5.25. The lowest BCUT2D eigenvalue weighted by atomic mass is 10.2. The van der Waals surface area contributed by atoms with E-state index in [1.807, 2.05) is 29.8 Å². The minimum absolute atomic E-state index is 0.0750. The molecule has 0 spiro atoms. The van der Waals surface area contributed by atoms with Crippen LogP contribution in [0, 0.1) is 6.92 Å². The molecule has 26 heavy (non-hydrogen) atoms. The topological polar surface area (TPSA) is 59.4 Å². The maximum atomic E-state index is 12.6. The van der Waals surface area contributed by atoms with Crippen LogP contribution in [0.25, 0.3) is 0 Å². The highest BCUT2D eigenvalue weighted by atomic mass is 16.5. The molecule has 1 saturated carbocycles. The monoisotopic (exact) mass is 354 g/mol. The summed E-state index contributed by atoms with van der Waals surface area (Å²) in [6, 6.07) is 10.9. The smallest absolute Gasteiger partial charge is 0.254 e. The van der Waals surface area contributed by atoms with Gasteiger partial charge in [-0.2, -0.15) is 5.10 Å². The summed E-state index contributed by atoms with van der Waals surface area (Å²) >= 11 is 0. The number of hydrogen-bond donors (Lipinski definition) is 1. The summed E-state index contributed by atoms with van der Waals surface area (Å²) in [5, 5.41) is 7.41. The first-order valence-electron chi connectivity index (χ1n) is 9.41. The molecule has 4 rings (SSSR count). The minimum Gasteiger partial charge on any atom is -0.374 e. The first-order valence-corrected chi connectivity index (χ1v) is 9.41. The Hall–Kier alpha value is -2.18. The van der Waals surface area contributed by atoms with Crippen LogP contribution >= 0.6 is 0 Å². The van der Waals surface area contributed by atoms with Crippen molar-refractivity contribution in [2.45, 2.75) is 38.5 Å². The molecular formula is C20H26N4O2. The van der Waals surface area contributed by atoms with E-state index in [9.17, 15) is 4.79 Å². The SMILES string of the molecule is Cc1c(C(=O)NC[C@@H]2CN(C3CC3)CCO2)cnn1Cc1ccccc1. The summed E-state index contributed by atoms with van der Waals surface area (Å²) in [5.41, 5.74) is 2.69. The molecule has 1 atom stereocenters. The Morgan fingerprint density at radius 3 is 2.88 bits per heavy atom. The first kappa shape index (κ1) is 17.2. The number of carbonyl (C=O) groups excluding carboxylic acids is 1. The number of nitrogens with one attached hydrogen (secondary N) is 1. The van der Waals surface area contributed by atoms with Crippen molar-refractivity contribution in [2.24, 2.45) is 0 Å². The molecule has 0 unspecified atom stereocenters. The van der Waals surface area contributed by atoms with E-state index >= 15 is 0 Å².